The summed E-state index contributed by atoms with van der Waals surface area (Å²) in [6.07, 6.45) is 3.74. The number of rotatable bonds is 0. The summed E-state index contributed by atoms with van der Waals surface area (Å²) < 4.78 is 0. The zero-order chi connectivity index (χ0) is 9.54. The van der Waals surface area contributed by atoms with Crippen molar-refractivity contribution in [3.05, 3.63) is 30.1 Å². The van der Waals surface area contributed by atoms with Crippen LogP contribution < -0.4 is 5.32 Å². The first-order valence-electron chi connectivity index (χ1n) is 4.36. The third-order valence-corrected chi connectivity index (χ3v) is 2.32. The topological polar surface area (TPSA) is 54.9 Å². The Morgan fingerprint density at radius 2 is 1.86 bits per heavy atom. The number of benzene rings is 1. The molecule has 0 aliphatic carbocycles. The fraction of sp³-hybridized carbons (Fsp3) is 0.100. The number of aromatic nitrogens is 2. The third-order valence-electron chi connectivity index (χ3n) is 2.32. The van der Waals surface area contributed by atoms with Gasteiger partial charge in [0.1, 0.15) is 0 Å². The average Bonchev–Trinajstić information content (AvgIpc) is 2.53. The van der Waals surface area contributed by atoms with Gasteiger partial charge in [-0.25, -0.2) is 0 Å². The minimum absolute atomic E-state index is 0.0373. The molecule has 4 heteroatoms. The van der Waals surface area contributed by atoms with E-state index >= 15 is 0 Å². The van der Waals surface area contributed by atoms with Crippen LogP contribution in [-0.4, -0.2) is 15.9 Å². The average molecular weight is 185 g/mol. The Bertz CT molecular complexity index is 489. The van der Waals surface area contributed by atoms with Crippen LogP contribution in [-0.2, 0) is 11.2 Å². The second kappa shape index (κ2) is 2.51. The third kappa shape index (κ3) is 0.970. The van der Waals surface area contributed by atoms with Crippen LogP contribution >= 0.6 is 0 Å². The van der Waals surface area contributed by atoms with Crippen molar-refractivity contribution in [1.29, 1.82) is 0 Å². The predicted octanol–water partition coefficient (Wildman–Crippen LogP) is 1.12. The Balaban J connectivity index is 2.31. The highest BCUT2D eigenvalue weighted by atomic mass is 16.1. The number of anilines is 1. The molecule has 2 heterocycles. The van der Waals surface area contributed by atoms with Gasteiger partial charge in [0.15, 0.2) is 0 Å². The fourth-order valence-corrected chi connectivity index (χ4v) is 1.68. The minimum atomic E-state index is 0.0373. The molecule has 0 atom stereocenters. The van der Waals surface area contributed by atoms with Gasteiger partial charge in [0.25, 0.3) is 0 Å². The van der Waals surface area contributed by atoms with Gasteiger partial charge in [-0.2, -0.15) is 0 Å². The SMILES string of the molecule is O=C1Cc2cc3nccnc3cc2N1. The number of nitrogens with zero attached hydrogens (tertiary/aromatic N) is 2. The van der Waals surface area contributed by atoms with E-state index in [1.165, 1.54) is 0 Å². The van der Waals surface area contributed by atoms with E-state index in [1.54, 1.807) is 12.4 Å². The summed E-state index contributed by atoms with van der Waals surface area (Å²) in [5.41, 5.74) is 3.52. The first-order valence-corrected chi connectivity index (χ1v) is 4.36. The molecule has 0 bridgehead atoms. The monoisotopic (exact) mass is 185 g/mol. The molecular weight excluding hydrogens is 178 g/mol. The fourth-order valence-electron chi connectivity index (χ4n) is 1.68. The number of carbonyl (C=O) groups is 1. The molecule has 3 rings (SSSR count). The normalized spacial score (nSPS) is 14.1. The van der Waals surface area contributed by atoms with Gasteiger partial charge >= 0.3 is 0 Å². The van der Waals surface area contributed by atoms with Crippen molar-refractivity contribution in [3.8, 4) is 0 Å². The Morgan fingerprint density at radius 1 is 1.14 bits per heavy atom. The van der Waals surface area contributed by atoms with E-state index in [0.29, 0.717) is 6.42 Å². The van der Waals surface area contributed by atoms with Gasteiger partial charge in [0.05, 0.1) is 17.5 Å². The number of fused-ring (bicyclic) bond motifs is 2. The molecule has 68 valence electrons. The zero-order valence-corrected chi connectivity index (χ0v) is 7.32. The lowest BCUT2D eigenvalue weighted by Gasteiger charge is -1.99. The molecule has 1 aliphatic heterocycles. The molecule has 0 spiro atoms. The zero-order valence-electron chi connectivity index (χ0n) is 7.32. The van der Waals surface area contributed by atoms with E-state index in [-0.39, 0.29) is 5.91 Å². The number of carbonyl (C=O) groups excluding carboxylic acids is 1. The number of nitrogens with one attached hydrogen (secondary N) is 1. The highest BCUT2D eigenvalue weighted by Crippen LogP contribution is 2.26. The van der Waals surface area contributed by atoms with E-state index in [9.17, 15) is 4.79 Å². The van der Waals surface area contributed by atoms with Gasteiger partial charge in [-0.1, -0.05) is 0 Å². The van der Waals surface area contributed by atoms with Crippen LogP contribution in [0.15, 0.2) is 24.5 Å². The van der Waals surface area contributed by atoms with Gasteiger partial charge in [0.2, 0.25) is 5.91 Å². The Labute approximate surface area is 80.0 Å². The van der Waals surface area contributed by atoms with Gasteiger partial charge in [0, 0.05) is 18.1 Å². The maximum Gasteiger partial charge on any atom is 0.228 e. The summed E-state index contributed by atoms with van der Waals surface area (Å²) in [6, 6.07) is 3.78. The Kier molecular flexibility index (Phi) is 1.33. The second-order valence-electron chi connectivity index (χ2n) is 3.28. The molecule has 1 amide bonds. The highest BCUT2D eigenvalue weighted by Gasteiger charge is 2.18. The van der Waals surface area contributed by atoms with E-state index in [0.717, 1.165) is 22.3 Å². The van der Waals surface area contributed by atoms with E-state index in [4.69, 9.17) is 0 Å². The van der Waals surface area contributed by atoms with Crippen molar-refractivity contribution in [2.24, 2.45) is 0 Å². The van der Waals surface area contributed by atoms with Gasteiger partial charge in [-0.3, -0.25) is 14.8 Å². The van der Waals surface area contributed by atoms with Crippen LogP contribution in [0.4, 0.5) is 5.69 Å². The smallest absolute Gasteiger partial charge is 0.228 e. The summed E-state index contributed by atoms with van der Waals surface area (Å²) >= 11 is 0. The van der Waals surface area contributed by atoms with Crippen LogP contribution in [0, 0.1) is 0 Å². The molecule has 0 unspecified atom stereocenters. The van der Waals surface area contributed by atoms with Crippen LogP contribution in [0.1, 0.15) is 5.56 Å². The maximum absolute atomic E-state index is 11.1. The molecule has 0 saturated carbocycles. The van der Waals surface area contributed by atoms with E-state index in [2.05, 4.69) is 15.3 Å². The van der Waals surface area contributed by atoms with Crippen molar-refractivity contribution in [3.63, 3.8) is 0 Å². The summed E-state index contributed by atoms with van der Waals surface area (Å²) in [4.78, 5) is 19.5. The molecule has 1 aliphatic rings. The van der Waals surface area contributed by atoms with Crippen molar-refractivity contribution < 1.29 is 4.79 Å². The molecule has 0 saturated heterocycles. The summed E-state index contributed by atoms with van der Waals surface area (Å²) in [5.74, 6) is 0.0373. The Hall–Kier alpha value is -1.97. The summed E-state index contributed by atoms with van der Waals surface area (Å²) in [7, 11) is 0. The standard InChI is InChI=1S/C10H7N3O/c14-10-4-6-3-8-9(5-7(6)13-10)12-2-1-11-8/h1-3,5H,4H2,(H,13,14). The van der Waals surface area contributed by atoms with Gasteiger partial charge in [-0.15, -0.1) is 0 Å². The molecule has 4 nitrogen and oxygen atoms in total. The predicted molar refractivity (Wildman–Crippen MR) is 51.9 cm³/mol. The quantitative estimate of drug-likeness (QED) is 0.669. The van der Waals surface area contributed by atoms with Crippen LogP contribution in [0.2, 0.25) is 0 Å². The lowest BCUT2D eigenvalue weighted by molar-refractivity contribution is -0.115. The molecule has 0 radical (unpaired) electrons. The van der Waals surface area contributed by atoms with Crippen molar-refractivity contribution in [1.82, 2.24) is 9.97 Å². The summed E-state index contributed by atoms with van der Waals surface area (Å²) in [6.45, 7) is 0. The van der Waals surface area contributed by atoms with Crippen molar-refractivity contribution in [2.45, 2.75) is 6.42 Å². The molecule has 1 aromatic carbocycles. The van der Waals surface area contributed by atoms with Crippen LogP contribution in [0.25, 0.3) is 11.0 Å². The van der Waals surface area contributed by atoms with Gasteiger partial charge < -0.3 is 5.32 Å². The molecule has 2 aromatic rings. The second-order valence-corrected chi connectivity index (χ2v) is 3.28. The lowest BCUT2D eigenvalue weighted by atomic mass is 10.1. The number of hydrogen-bond acceptors (Lipinski definition) is 3. The Morgan fingerprint density at radius 3 is 2.64 bits per heavy atom. The molecule has 0 fully saturated rings. The lowest BCUT2D eigenvalue weighted by Crippen LogP contribution is -2.03. The van der Waals surface area contributed by atoms with Crippen molar-refractivity contribution >= 4 is 22.6 Å². The van der Waals surface area contributed by atoms with Crippen molar-refractivity contribution in [2.75, 3.05) is 5.32 Å². The van der Waals surface area contributed by atoms with E-state index in [1.807, 2.05) is 12.1 Å². The van der Waals surface area contributed by atoms with Crippen LogP contribution in [0.3, 0.4) is 0 Å². The van der Waals surface area contributed by atoms with Crippen LogP contribution in [0.5, 0.6) is 0 Å². The summed E-state index contributed by atoms with van der Waals surface area (Å²) in [5, 5.41) is 2.78. The van der Waals surface area contributed by atoms with E-state index < -0.39 is 0 Å². The number of hydrogen-bond donors (Lipinski definition) is 1. The first-order chi connectivity index (χ1) is 6.83. The largest absolute Gasteiger partial charge is 0.325 e. The minimum Gasteiger partial charge on any atom is -0.325 e. The number of amides is 1. The maximum atomic E-state index is 11.1. The molecular formula is C10H7N3O. The molecule has 14 heavy (non-hydrogen) atoms. The highest BCUT2D eigenvalue weighted by molar-refractivity contribution is 6.01. The molecule has 1 aromatic heterocycles. The first kappa shape index (κ1) is 7.44. The molecule has 1 N–H and O–H groups in total. The van der Waals surface area contributed by atoms with Gasteiger partial charge in [-0.05, 0) is 17.7 Å².